The summed E-state index contributed by atoms with van der Waals surface area (Å²) in [6.45, 7) is 7.57. The van der Waals surface area contributed by atoms with E-state index in [1.807, 2.05) is 0 Å². The molecule has 0 aliphatic carbocycles. The van der Waals surface area contributed by atoms with Gasteiger partial charge in [-0.1, -0.05) is 38.5 Å². The van der Waals surface area contributed by atoms with Gasteiger partial charge in [0.1, 0.15) is 5.01 Å². The summed E-state index contributed by atoms with van der Waals surface area (Å²) in [4.78, 5) is 2.19. The van der Waals surface area contributed by atoms with Gasteiger partial charge in [0.05, 0.1) is 0 Å². The molecule has 0 saturated carbocycles. The summed E-state index contributed by atoms with van der Waals surface area (Å²) < 4.78 is 0. The first-order valence-corrected chi connectivity index (χ1v) is 6.01. The van der Waals surface area contributed by atoms with Gasteiger partial charge < -0.3 is 4.90 Å². The van der Waals surface area contributed by atoms with Crippen LogP contribution in [-0.2, 0) is 0 Å². The van der Waals surface area contributed by atoms with Crippen molar-refractivity contribution >= 4 is 16.5 Å². The minimum absolute atomic E-state index is 0.487. The van der Waals surface area contributed by atoms with Crippen molar-refractivity contribution < 1.29 is 0 Å². The van der Waals surface area contributed by atoms with Crippen LogP contribution in [0.4, 0.5) is 5.13 Å². The first-order valence-electron chi connectivity index (χ1n) is 5.19. The smallest absolute Gasteiger partial charge is 0.208 e. The highest BCUT2D eigenvalue weighted by atomic mass is 32.1. The molecule has 1 heterocycles. The highest BCUT2D eigenvalue weighted by molar-refractivity contribution is 7.15. The van der Waals surface area contributed by atoms with Gasteiger partial charge >= 0.3 is 0 Å². The molecule has 0 bridgehead atoms. The van der Waals surface area contributed by atoms with Crippen LogP contribution < -0.4 is 4.90 Å². The first-order chi connectivity index (χ1) is 6.65. The Morgan fingerprint density at radius 1 is 1.36 bits per heavy atom. The van der Waals surface area contributed by atoms with Crippen molar-refractivity contribution in [3.8, 4) is 0 Å². The Labute approximate surface area is 90.2 Å². The van der Waals surface area contributed by atoms with Gasteiger partial charge in [0.2, 0.25) is 5.13 Å². The molecule has 1 aromatic rings. The summed E-state index contributed by atoms with van der Waals surface area (Å²) in [5.41, 5.74) is 0. The molecule has 0 amide bonds. The standard InChI is InChI=1S/C10H19N3S/c1-5-6-7-13(4)10-12-11-9(14-10)8(2)3/h8H,5-7H2,1-4H3. The molecule has 3 nitrogen and oxygen atoms in total. The lowest BCUT2D eigenvalue weighted by Crippen LogP contribution is -2.17. The summed E-state index contributed by atoms with van der Waals surface area (Å²) in [5, 5.41) is 10.5. The second-order valence-corrected chi connectivity index (χ2v) is 4.84. The SMILES string of the molecule is CCCCN(C)c1nnc(C(C)C)s1. The third kappa shape index (κ3) is 2.94. The molecule has 0 aromatic carbocycles. The predicted octanol–water partition coefficient (Wildman–Crippen LogP) is 2.90. The maximum atomic E-state index is 4.18. The van der Waals surface area contributed by atoms with Gasteiger partial charge in [0.25, 0.3) is 0 Å². The van der Waals surface area contributed by atoms with Gasteiger partial charge in [-0.25, -0.2) is 0 Å². The molecular formula is C10H19N3S. The van der Waals surface area contributed by atoms with E-state index in [2.05, 4.69) is 42.9 Å². The molecule has 4 heteroatoms. The average molecular weight is 213 g/mol. The molecule has 1 rings (SSSR count). The van der Waals surface area contributed by atoms with E-state index in [0.717, 1.165) is 16.7 Å². The Kier molecular flexibility index (Phi) is 4.32. The molecule has 14 heavy (non-hydrogen) atoms. The Hall–Kier alpha value is -0.640. The molecule has 0 unspecified atom stereocenters. The third-order valence-corrected chi connectivity index (χ3v) is 3.44. The Morgan fingerprint density at radius 3 is 2.57 bits per heavy atom. The Morgan fingerprint density at radius 2 is 2.07 bits per heavy atom. The van der Waals surface area contributed by atoms with E-state index in [-0.39, 0.29) is 0 Å². The zero-order valence-electron chi connectivity index (χ0n) is 9.45. The molecular weight excluding hydrogens is 194 g/mol. The fraction of sp³-hybridized carbons (Fsp3) is 0.800. The number of anilines is 1. The number of hydrogen-bond acceptors (Lipinski definition) is 4. The number of aromatic nitrogens is 2. The molecule has 1 aromatic heterocycles. The van der Waals surface area contributed by atoms with E-state index in [1.165, 1.54) is 12.8 Å². The fourth-order valence-corrected chi connectivity index (χ4v) is 1.94. The summed E-state index contributed by atoms with van der Waals surface area (Å²) in [5.74, 6) is 0.487. The number of unbranched alkanes of at least 4 members (excludes halogenated alkanes) is 1. The van der Waals surface area contributed by atoms with Gasteiger partial charge in [-0.2, -0.15) is 0 Å². The topological polar surface area (TPSA) is 29.0 Å². The second kappa shape index (κ2) is 5.29. The van der Waals surface area contributed by atoms with Crippen molar-refractivity contribution in [2.75, 3.05) is 18.5 Å². The normalized spacial score (nSPS) is 10.9. The van der Waals surface area contributed by atoms with Crippen molar-refractivity contribution in [3.05, 3.63) is 5.01 Å². The van der Waals surface area contributed by atoms with Crippen molar-refractivity contribution in [2.24, 2.45) is 0 Å². The van der Waals surface area contributed by atoms with Crippen LogP contribution in [0.25, 0.3) is 0 Å². The van der Waals surface area contributed by atoms with E-state index >= 15 is 0 Å². The molecule has 0 saturated heterocycles. The summed E-state index contributed by atoms with van der Waals surface area (Å²) in [6, 6.07) is 0. The van der Waals surface area contributed by atoms with Crippen LogP contribution in [0.3, 0.4) is 0 Å². The maximum absolute atomic E-state index is 4.18. The summed E-state index contributed by atoms with van der Waals surface area (Å²) in [7, 11) is 2.08. The Balaban J connectivity index is 2.57. The molecule has 0 aliphatic rings. The molecule has 0 fully saturated rings. The number of rotatable bonds is 5. The van der Waals surface area contributed by atoms with Crippen LogP contribution in [0, 0.1) is 0 Å². The van der Waals surface area contributed by atoms with Crippen LogP contribution in [0.2, 0.25) is 0 Å². The van der Waals surface area contributed by atoms with Gasteiger partial charge in [-0.3, -0.25) is 0 Å². The molecule has 0 aliphatic heterocycles. The lowest BCUT2D eigenvalue weighted by atomic mass is 10.2. The highest BCUT2D eigenvalue weighted by Gasteiger charge is 2.10. The van der Waals surface area contributed by atoms with Crippen molar-refractivity contribution in [1.29, 1.82) is 0 Å². The highest BCUT2D eigenvalue weighted by Crippen LogP contribution is 2.24. The van der Waals surface area contributed by atoms with Gasteiger partial charge in [-0.15, -0.1) is 10.2 Å². The monoisotopic (exact) mass is 213 g/mol. The zero-order chi connectivity index (χ0) is 10.6. The molecule has 0 radical (unpaired) electrons. The van der Waals surface area contributed by atoms with Crippen molar-refractivity contribution in [2.45, 2.75) is 39.5 Å². The molecule has 80 valence electrons. The van der Waals surface area contributed by atoms with Crippen LogP contribution in [0.15, 0.2) is 0 Å². The molecule has 0 spiro atoms. The van der Waals surface area contributed by atoms with Crippen LogP contribution in [-0.4, -0.2) is 23.8 Å². The number of hydrogen-bond donors (Lipinski definition) is 0. The average Bonchev–Trinajstić information content (AvgIpc) is 2.62. The minimum atomic E-state index is 0.487. The summed E-state index contributed by atoms with van der Waals surface area (Å²) >= 11 is 1.70. The fourth-order valence-electron chi connectivity index (χ4n) is 1.10. The molecule has 0 N–H and O–H groups in total. The quantitative estimate of drug-likeness (QED) is 0.753. The Bertz CT molecular complexity index is 270. The minimum Gasteiger partial charge on any atom is -0.350 e. The summed E-state index contributed by atoms with van der Waals surface area (Å²) in [6.07, 6.45) is 2.44. The maximum Gasteiger partial charge on any atom is 0.208 e. The molecule has 0 atom stereocenters. The second-order valence-electron chi connectivity index (χ2n) is 3.85. The zero-order valence-corrected chi connectivity index (χ0v) is 10.3. The van der Waals surface area contributed by atoms with Gasteiger partial charge in [0, 0.05) is 19.5 Å². The van der Waals surface area contributed by atoms with Crippen molar-refractivity contribution in [3.63, 3.8) is 0 Å². The lowest BCUT2D eigenvalue weighted by Gasteiger charge is -2.13. The predicted molar refractivity (Wildman–Crippen MR) is 62.2 cm³/mol. The van der Waals surface area contributed by atoms with E-state index in [9.17, 15) is 0 Å². The van der Waals surface area contributed by atoms with Gasteiger partial charge in [-0.05, 0) is 6.42 Å². The van der Waals surface area contributed by atoms with Crippen LogP contribution >= 0.6 is 11.3 Å². The van der Waals surface area contributed by atoms with E-state index in [1.54, 1.807) is 11.3 Å². The van der Waals surface area contributed by atoms with Gasteiger partial charge in [0.15, 0.2) is 0 Å². The largest absolute Gasteiger partial charge is 0.350 e. The van der Waals surface area contributed by atoms with Crippen LogP contribution in [0.1, 0.15) is 44.5 Å². The van der Waals surface area contributed by atoms with E-state index in [4.69, 9.17) is 0 Å². The van der Waals surface area contributed by atoms with Crippen molar-refractivity contribution in [1.82, 2.24) is 10.2 Å². The van der Waals surface area contributed by atoms with E-state index in [0.29, 0.717) is 5.92 Å². The number of nitrogens with zero attached hydrogens (tertiary/aromatic N) is 3. The lowest BCUT2D eigenvalue weighted by molar-refractivity contribution is 0.758. The van der Waals surface area contributed by atoms with Crippen LogP contribution in [0.5, 0.6) is 0 Å². The third-order valence-electron chi connectivity index (χ3n) is 2.10. The first kappa shape index (κ1) is 11.4. The van der Waals surface area contributed by atoms with E-state index < -0.39 is 0 Å².